The summed E-state index contributed by atoms with van der Waals surface area (Å²) in [7, 11) is 0. The average Bonchev–Trinajstić information content (AvgIpc) is 1.72. The van der Waals surface area contributed by atoms with Crippen LogP contribution in [-0.4, -0.2) is 57.3 Å². The third-order valence-corrected chi connectivity index (χ3v) is 0.335. The summed E-state index contributed by atoms with van der Waals surface area (Å²) >= 11 is 0. The fraction of sp³-hybridized carbons (Fsp3) is 0. The van der Waals surface area contributed by atoms with E-state index in [-0.39, 0.29) is 51.4 Å². The summed E-state index contributed by atoms with van der Waals surface area (Å²) in [6.45, 7) is 0. The van der Waals surface area contributed by atoms with E-state index >= 15 is 0 Å². The molecule has 0 atom stereocenters. The van der Waals surface area contributed by atoms with Crippen LogP contribution in [-0.2, 0) is 0 Å². The van der Waals surface area contributed by atoms with E-state index in [1.54, 1.807) is 0 Å². The fourth-order valence-corrected chi connectivity index (χ4v) is 0.0750. The second-order valence-electron chi connectivity index (χ2n) is 0.710. The van der Waals surface area contributed by atoms with E-state index < -0.39 is 5.57 Å². The third kappa shape index (κ3) is 4.23. The smallest absolute Gasteiger partial charge is 0.191 e. The fourth-order valence-electron chi connectivity index (χ4n) is 0.0750. The van der Waals surface area contributed by atoms with Gasteiger partial charge in [-0.05, 0) is 0 Å². The van der Waals surface area contributed by atoms with Gasteiger partial charge in [-0.1, -0.05) is 5.41 Å². The molecule has 0 saturated heterocycles. The van der Waals surface area contributed by atoms with Crippen molar-refractivity contribution in [2.75, 3.05) is 0 Å². The van der Waals surface area contributed by atoms with E-state index in [1.807, 2.05) is 0 Å². The van der Waals surface area contributed by atoms with Crippen molar-refractivity contribution in [3.8, 4) is 12.1 Å². The molecular weight excluding hydrogens is 129 g/mol. The maximum Gasteiger partial charge on any atom is 0.192 e. The molecule has 3 nitrogen and oxygen atoms in total. The second-order valence-corrected chi connectivity index (χ2v) is 0.710. The zero-order valence-corrected chi connectivity index (χ0v) is 7.46. The van der Waals surface area contributed by atoms with Gasteiger partial charge in [0.25, 0.3) is 0 Å². The first-order valence-electron chi connectivity index (χ1n) is 1.42. The summed E-state index contributed by atoms with van der Waals surface area (Å²) in [5.41, 5.74) is -0.403. The standard InChI is InChI=1S/C4N3.K/c5-1-4(2-6)3-7;. The summed E-state index contributed by atoms with van der Waals surface area (Å²) in [4.78, 5) is 0. The van der Waals surface area contributed by atoms with Gasteiger partial charge in [0, 0.05) is 57.3 Å². The normalized spacial score (nSPS) is 4.25. The molecule has 0 spiro atoms. The molecule has 0 heterocycles. The van der Waals surface area contributed by atoms with Crippen LogP contribution >= 0.6 is 0 Å². The van der Waals surface area contributed by atoms with Crippen LogP contribution in [0.15, 0.2) is 5.57 Å². The van der Waals surface area contributed by atoms with Crippen molar-refractivity contribution in [2.45, 2.75) is 0 Å². The number of nitriles is 2. The van der Waals surface area contributed by atoms with Crippen LogP contribution in [0, 0.1) is 22.7 Å². The van der Waals surface area contributed by atoms with Crippen LogP contribution in [0.4, 0.5) is 0 Å². The zero-order valence-electron chi connectivity index (χ0n) is 4.34. The quantitative estimate of drug-likeness (QED) is 0.240. The molecule has 0 bridgehead atoms. The van der Waals surface area contributed by atoms with Crippen LogP contribution in [0.5, 0.6) is 0 Å². The molecule has 0 amide bonds. The van der Waals surface area contributed by atoms with Crippen molar-refractivity contribution in [3.63, 3.8) is 0 Å². The first-order valence-corrected chi connectivity index (χ1v) is 1.42. The Morgan fingerprint density at radius 1 is 1.12 bits per heavy atom. The molecule has 0 aliphatic rings. The van der Waals surface area contributed by atoms with Crippen LogP contribution in [0.2, 0.25) is 0 Å². The van der Waals surface area contributed by atoms with Crippen molar-refractivity contribution in [1.29, 1.82) is 10.5 Å². The molecule has 32 valence electrons. The summed E-state index contributed by atoms with van der Waals surface area (Å²) in [6.07, 6.45) is 0. The Hall–Kier alpha value is 0.0664. The monoisotopic (exact) mass is 129 g/mol. The summed E-state index contributed by atoms with van der Waals surface area (Å²) in [6, 6.07) is 2.79. The number of hydrogen-bond donors (Lipinski definition) is 0. The second kappa shape index (κ2) is 7.07. The largest absolute Gasteiger partial charge is 0.192 e. The molecular formula is C4KN3. The van der Waals surface area contributed by atoms with Gasteiger partial charge in [-0.2, -0.15) is 10.5 Å². The average molecular weight is 129 g/mol. The molecule has 4 heteroatoms. The Labute approximate surface area is 89.5 Å². The van der Waals surface area contributed by atoms with Crippen molar-refractivity contribution < 1.29 is 0 Å². The molecule has 0 aromatic carbocycles. The molecule has 0 aliphatic heterocycles. The number of rotatable bonds is 0. The Balaban J connectivity index is 0. The Morgan fingerprint density at radius 3 is 1.50 bits per heavy atom. The number of hydrogen-bond acceptors (Lipinski definition) is 2. The van der Waals surface area contributed by atoms with E-state index in [4.69, 9.17) is 15.9 Å². The molecule has 0 unspecified atom stereocenters. The van der Waals surface area contributed by atoms with Gasteiger partial charge in [-0.15, -0.1) is 0 Å². The SMILES string of the molecule is [K].[N]=C=C(C#N)C#N. The van der Waals surface area contributed by atoms with Gasteiger partial charge in [0.1, 0.15) is 12.1 Å². The van der Waals surface area contributed by atoms with Crippen LogP contribution in [0.25, 0.3) is 0 Å². The van der Waals surface area contributed by atoms with Gasteiger partial charge in [0.2, 0.25) is 0 Å². The van der Waals surface area contributed by atoms with Crippen LogP contribution in [0.1, 0.15) is 0 Å². The maximum absolute atomic E-state index is 7.79. The summed E-state index contributed by atoms with van der Waals surface area (Å²) in [5.74, 6) is 1.40. The van der Waals surface area contributed by atoms with Crippen molar-refractivity contribution >= 4 is 57.3 Å². The topological polar surface area (TPSA) is 69.9 Å². The molecule has 0 aromatic heterocycles. The van der Waals surface area contributed by atoms with Gasteiger partial charge in [-0.3, -0.25) is 0 Å². The van der Waals surface area contributed by atoms with E-state index in [0.29, 0.717) is 0 Å². The molecule has 2 radical (unpaired) electrons. The van der Waals surface area contributed by atoms with Crippen molar-refractivity contribution in [3.05, 3.63) is 5.57 Å². The summed E-state index contributed by atoms with van der Waals surface area (Å²) < 4.78 is 0. The van der Waals surface area contributed by atoms with Gasteiger partial charge in [0.05, 0.1) is 0 Å². The Kier molecular flexibility index (Phi) is 9.67. The van der Waals surface area contributed by atoms with E-state index in [1.165, 1.54) is 18.0 Å². The van der Waals surface area contributed by atoms with Crippen molar-refractivity contribution in [1.82, 2.24) is 5.41 Å². The Morgan fingerprint density at radius 2 is 1.50 bits per heavy atom. The van der Waals surface area contributed by atoms with E-state index in [0.717, 1.165) is 0 Å². The third-order valence-electron chi connectivity index (χ3n) is 0.335. The van der Waals surface area contributed by atoms with Crippen LogP contribution in [0.3, 0.4) is 0 Å². The molecule has 8 heavy (non-hydrogen) atoms. The molecule has 0 aliphatic carbocycles. The molecule has 0 saturated carbocycles. The van der Waals surface area contributed by atoms with E-state index in [2.05, 4.69) is 0 Å². The minimum Gasteiger partial charge on any atom is -0.191 e. The van der Waals surface area contributed by atoms with Gasteiger partial charge in [-0.25, -0.2) is 0 Å². The van der Waals surface area contributed by atoms with Gasteiger partial charge >= 0.3 is 0 Å². The zero-order chi connectivity index (χ0) is 5.70. The number of allylic oxidation sites excluding steroid dienone is 1. The molecule has 0 N–H and O–H groups in total. The molecule has 0 fully saturated rings. The first kappa shape index (κ1) is 10.9. The van der Waals surface area contributed by atoms with Gasteiger partial charge in [0.15, 0.2) is 5.57 Å². The maximum atomic E-state index is 7.79. The first-order chi connectivity index (χ1) is 3.35. The van der Waals surface area contributed by atoms with Crippen molar-refractivity contribution in [2.24, 2.45) is 0 Å². The number of nitrogens with zero attached hydrogens (tertiary/aromatic N) is 3. The molecule has 0 aromatic rings. The summed E-state index contributed by atoms with van der Waals surface area (Å²) in [5, 5.41) is 23.4. The van der Waals surface area contributed by atoms with Gasteiger partial charge < -0.3 is 0 Å². The van der Waals surface area contributed by atoms with E-state index in [9.17, 15) is 0 Å². The Bertz CT molecular complexity index is 172. The molecule has 0 rings (SSSR count). The predicted octanol–water partition coefficient (Wildman–Crippen LogP) is -0.951. The predicted molar refractivity (Wildman–Crippen MR) is 27.6 cm³/mol. The van der Waals surface area contributed by atoms with Crippen LogP contribution < -0.4 is 5.41 Å². The minimum absolute atomic E-state index is 0. The minimum atomic E-state index is -0.403.